The number of hydrogen-bond acceptors (Lipinski definition) is 5. The van der Waals surface area contributed by atoms with Crippen LogP contribution in [0.15, 0.2) is 78.9 Å². The molecule has 3 aromatic carbocycles. The Kier molecular flexibility index (Phi) is 7.05. The molecular weight excluding hydrogens is 382 g/mol. The van der Waals surface area contributed by atoms with Crippen molar-refractivity contribution in [2.24, 2.45) is 0 Å². The molecule has 30 heavy (non-hydrogen) atoms. The zero-order chi connectivity index (χ0) is 21.3. The quantitative estimate of drug-likeness (QED) is 0.561. The molecule has 154 valence electrons. The van der Waals surface area contributed by atoms with Gasteiger partial charge in [-0.25, -0.2) is 4.79 Å². The van der Waals surface area contributed by atoms with Crippen LogP contribution in [0.4, 0.5) is 0 Å². The predicted molar refractivity (Wildman–Crippen MR) is 112 cm³/mol. The average Bonchev–Trinajstić information content (AvgIpc) is 2.78. The van der Waals surface area contributed by atoms with Crippen molar-refractivity contribution in [2.75, 3.05) is 7.11 Å². The van der Waals surface area contributed by atoms with Crippen LogP contribution in [-0.2, 0) is 22.6 Å². The minimum absolute atomic E-state index is 0.0608. The van der Waals surface area contributed by atoms with Crippen molar-refractivity contribution in [3.63, 3.8) is 0 Å². The maximum atomic E-state index is 12.4. The zero-order valence-corrected chi connectivity index (χ0v) is 16.6. The van der Waals surface area contributed by atoms with Gasteiger partial charge in [0.2, 0.25) is 0 Å². The Balaban J connectivity index is 1.62. The third-order valence-electron chi connectivity index (χ3n) is 4.53. The van der Waals surface area contributed by atoms with Gasteiger partial charge < -0.3 is 19.9 Å². The van der Waals surface area contributed by atoms with Gasteiger partial charge in [0.05, 0.1) is 7.11 Å². The molecule has 0 saturated carbocycles. The molecule has 2 N–H and O–H groups in total. The number of rotatable bonds is 8. The first kappa shape index (κ1) is 20.9. The summed E-state index contributed by atoms with van der Waals surface area (Å²) in [6.45, 7) is 0.466. The van der Waals surface area contributed by atoms with Crippen molar-refractivity contribution in [1.82, 2.24) is 5.32 Å². The first-order valence-electron chi connectivity index (χ1n) is 9.48. The highest BCUT2D eigenvalue weighted by molar-refractivity contribution is 5.96. The van der Waals surface area contributed by atoms with Crippen molar-refractivity contribution in [3.05, 3.63) is 95.6 Å². The van der Waals surface area contributed by atoms with Crippen LogP contribution in [0, 0.1) is 0 Å². The number of aromatic hydroxyl groups is 1. The lowest BCUT2D eigenvalue weighted by Gasteiger charge is -2.17. The van der Waals surface area contributed by atoms with E-state index in [1.807, 2.05) is 54.6 Å². The van der Waals surface area contributed by atoms with Gasteiger partial charge in [-0.3, -0.25) is 4.79 Å². The minimum Gasteiger partial charge on any atom is -0.508 e. The third-order valence-corrected chi connectivity index (χ3v) is 4.53. The highest BCUT2D eigenvalue weighted by Gasteiger charge is 2.22. The average molecular weight is 405 g/mol. The van der Waals surface area contributed by atoms with Crippen molar-refractivity contribution in [2.45, 2.75) is 19.1 Å². The summed E-state index contributed by atoms with van der Waals surface area (Å²) in [6.07, 6.45) is 0.273. The van der Waals surface area contributed by atoms with E-state index >= 15 is 0 Å². The van der Waals surface area contributed by atoms with Gasteiger partial charge in [0.1, 0.15) is 24.1 Å². The summed E-state index contributed by atoms with van der Waals surface area (Å²) in [5, 5.41) is 12.0. The Hall–Kier alpha value is -3.80. The van der Waals surface area contributed by atoms with Crippen LogP contribution in [0.1, 0.15) is 21.5 Å². The summed E-state index contributed by atoms with van der Waals surface area (Å²) < 4.78 is 10.6. The number of carbonyl (C=O) groups excluding carboxylic acids is 2. The van der Waals surface area contributed by atoms with Gasteiger partial charge in [-0.2, -0.15) is 0 Å². The third kappa shape index (κ3) is 5.85. The summed E-state index contributed by atoms with van der Waals surface area (Å²) in [7, 11) is 1.28. The number of phenolic OH excluding ortho intramolecular Hbond substituents is 1. The molecule has 0 heterocycles. The van der Waals surface area contributed by atoms with Crippen LogP contribution in [0.5, 0.6) is 11.5 Å². The molecule has 1 atom stereocenters. The van der Waals surface area contributed by atoms with E-state index in [1.165, 1.54) is 31.4 Å². The molecule has 0 unspecified atom stereocenters. The van der Waals surface area contributed by atoms with E-state index in [0.717, 1.165) is 11.1 Å². The van der Waals surface area contributed by atoms with E-state index in [-0.39, 0.29) is 12.2 Å². The maximum absolute atomic E-state index is 12.4. The fourth-order valence-corrected chi connectivity index (χ4v) is 2.89. The number of carbonyl (C=O) groups is 2. The Morgan fingerprint density at radius 3 is 2.20 bits per heavy atom. The summed E-state index contributed by atoms with van der Waals surface area (Å²) in [5.74, 6) is -0.185. The van der Waals surface area contributed by atoms with Crippen LogP contribution in [-0.4, -0.2) is 30.1 Å². The number of amides is 1. The molecule has 0 spiro atoms. The SMILES string of the molecule is COC(=O)[C@H](Cc1ccc(OCc2ccccc2)cc1)NC(=O)c1ccc(O)cc1. The van der Waals surface area contributed by atoms with E-state index in [1.54, 1.807) is 0 Å². The van der Waals surface area contributed by atoms with Crippen LogP contribution >= 0.6 is 0 Å². The zero-order valence-electron chi connectivity index (χ0n) is 16.6. The Morgan fingerprint density at radius 2 is 1.57 bits per heavy atom. The molecule has 0 fully saturated rings. The van der Waals surface area contributed by atoms with Gasteiger partial charge in [-0.1, -0.05) is 42.5 Å². The van der Waals surface area contributed by atoms with Crippen molar-refractivity contribution in [1.29, 1.82) is 0 Å². The first-order chi connectivity index (χ1) is 14.5. The number of esters is 1. The molecule has 6 nitrogen and oxygen atoms in total. The molecule has 6 heteroatoms. The summed E-state index contributed by atoms with van der Waals surface area (Å²) in [5.41, 5.74) is 2.26. The minimum atomic E-state index is -0.840. The summed E-state index contributed by atoms with van der Waals surface area (Å²) in [6, 6.07) is 22.2. The Bertz CT molecular complexity index is 969. The Labute approximate surface area is 175 Å². The smallest absolute Gasteiger partial charge is 0.328 e. The predicted octanol–water partition coefficient (Wildman–Crippen LogP) is 3.49. The van der Waals surface area contributed by atoms with Gasteiger partial charge in [-0.05, 0) is 47.5 Å². The van der Waals surface area contributed by atoms with Gasteiger partial charge in [0.15, 0.2) is 0 Å². The summed E-state index contributed by atoms with van der Waals surface area (Å²) >= 11 is 0. The standard InChI is InChI=1S/C24H23NO5/c1-29-24(28)22(25-23(27)19-9-11-20(26)12-10-19)15-17-7-13-21(14-8-17)30-16-18-5-3-2-4-6-18/h2-14,22,26H,15-16H2,1H3,(H,25,27)/t22-/m0/s1. The lowest BCUT2D eigenvalue weighted by molar-refractivity contribution is -0.142. The second kappa shape index (κ2) is 10.1. The highest BCUT2D eigenvalue weighted by atomic mass is 16.5. The van der Waals surface area contributed by atoms with E-state index in [0.29, 0.717) is 17.9 Å². The number of nitrogens with one attached hydrogen (secondary N) is 1. The normalized spacial score (nSPS) is 11.4. The van der Waals surface area contributed by atoms with E-state index in [4.69, 9.17) is 9.47 Å². The lowest BCUT2D eigenvalue weighted by Crippen LogP contribution is -2.43. The van der Waals surface area contributed by atoms with Gasteiger partial charge in [0.25, 0.3) is 5.91 Å². The van der Waals surface area contributed by atoms with Crippen LogP contribution in [0.25, 0.3) is 0 Å². The molecular formula is C24H23NO5. The molecule has 0 bridgehead atoms. The molecule has 0 aliphatic heterocycles. The maximum Gasteiger partial charge on any atom is 0.328 e. The van der Waals surface area contributed by atoms with Gasteiger partial charge in [0, 0.05) is 12.0 Å². The second-order valence-corrected chi connectivity index (χ2v) is 6.72. The summed E-state index contributed by atoms with van der Waals surface area (Å²) in [4.78, 5) is 24.6. The second-order valence-electron chi connectivity index (χ2n) is 6.72. The Morgan fingerprint density at radius 1 is 0.900 bits per heavy atom. The fraction of sp³-hybridized carbons (Fsp3) is 0.167. The van der Waals surface area contributed by atoms with Crippen molar-refractivity contribution < 1.29 is 24.2 Å². The van der Waals surface area contributed by atoms with E-state index < -0.39 is 17.9 Å². The van der Waals surface area contributed by atoms with E-state index in [2.05, 4.69) is 5.32 Å². The number of benzene rings is 3. The van der Waals surface area contributed by atoms with E-state index in [9.17, 15) is 14.7 Å². The molecule has 0 aliphatic rings. The molecule has 0 aromatic heterocycles. The number of hydrogen-bond donors (Lipinski definition) is 2. The largest absolute Gasteiger partial charge is 0.508 e. The van der Waals surface area contributed by atoms with Crippen LogP contribution < -0.4 is 10.1 Å². The first-order valence-corrected chi connectivity index (χ1v) is 9.48. The number of ether oxygens (including phenoxy) is 2. The van der Waals surface area contributed by atoms with Crippen molar-refractivity contribution in [3.8, 4) is 11.5 Å². The van der Waals surface area contributed by atoms with Gasteiger partial charge in [-0.15, -0.1) is 0 Å². The number of phenols is 1. The van der Waals surface area contributed by atoms with Crippen molar-refractivity contribution >= 4 is 11.9 Å². The molecule has 3 aromatic rings. The number of methoxy groups -OCH3 is 1. The molecule has 0 radical (unpaired) electrons. The van der Waals surface area contributed by atoms with Gasteiger partial charge >= 0.3 is 5.97 Å². The molecule has 1 amide bonds. The topological polar surface area (TPSA) is 84.9 Å². The monoisotopic (exact) mass is 405 g/mol. The fourth-order valence-electron chi connectivity index (χ4n) is 2.89. The molecule has 3 rings (SSSR count). The van der Waals surface area contributed by atoms with Crippen LogP contribution in [0.3, 0.4) is 0 Å². The highest BCUT2D eigenvalue weighted by Crippen LogP contribution is 2.16. The lowest BCUT2D eigenvalue weighted by atomic mass is 10.0. The molecule has 0 aliphatic carbocycles. The van der Waals surface area contributed by atoms with Crippen LogP contribution in [0.2, 0.25) is 0 Å². The molecule has 0 saturated heterocycles.